The van der Waals surface area contributed by atoms with Crippen molar-refractivity contribution in [3.05, 3.63) is 30.0 Å². The number of rotatable bonds is 2. The first kappa shape index (κ1) is 10.5. The van der Waals surface area contributed by atoms with E-state index in [9.17, 15) is 13.6 Å². The van der Waals surface area contributed by atoms with Gasteiger partial charge in [0.25, 0.3) is 0 Å². The van der Waals surface area contributed by atoms with Crippen LogP contribution < -0.4 is 0 Å². The molecule has 0 amide bonds. The molecule has 0 bridgehead atoms. The summed E-state index contributed by atoms with van der Waals surface area (Å²) in [5.41, 5.74) is 0.426. The molecule has 0 atom stereocenters. The SMILES string of the molecule is COC(=O)c1ccc2cnn(C(F)F)c2c1. The van der Waals surface area contributed by atoms with Crippen molar-refractivity contribution in [3.8, 4) is 0 Å². The fourth-order valence-corrected chi connectivity index (χ4v) is 1.44. The maximum Gasteiger partial charge on any atom is 0.337 e. The van der Waals surface area contributed by atoms with Crippen LogP contribution in [0.1, 0.15) is 16.9 Å². The Morgan fingerprint density at radius 1 is 1.50 bits per heavy atom. The van der Waals surface area contributed by atoms with Crippen LogP contribution in [0.15, 0.2) is 24.4 Å². The Labute approximate surface area is 89.4 Å². The highest BCUT2D eigenvalue weighted by molar-refractivity contribution is 5.94. The minimum absolute atomic E-state index is 0.206. The van der Waals surface area contributed by atoms with E-state index in [1.54, 1.807) is 6.07 Å². The molecule has 0 aliphatic carbocycles. The number of halogens is 2. The highest BCUT2D eigenvalue weighted by atomic mass is 19.3. The van der Waals surface area contributed by atoms with Crippen LogP contribution >= 0.6 is 0 Å². The van der Waals surface area contributed by atoms with E-state index in [1.807, 2.05) is 0 Å². The monoisotopic (exact) mass is 226 g/mol. The Kier molecular flexibility index (Phi) is 2.55. The van der Waals surface area contributed by atoms with Gasteiger partial charge in [-0.25, -0.2) is 9.48 Å². The van der Waals surface area contributed by atoms with Gasteiger partial charge in [-0.3, -0.25) is 0 Å². The topological polar surface area (TPSA) is 44.1 Å². The summed E-state index contributed by atoms with van der Waals surface area (Å²) < 4.78 is 30.1. The summed E-state index contributed by atoms with van der Waals surface area (Å²) in [6, 6.07) is 4.39. The van der Waals surface area contributed by atoms with Gasteiger partial charge in [0, 0.05) is 5.39 Å². The summed E-state index contributed by atoms with van der Waals surface area (Å²) in [5.74, 6) is -0.566. The number of nitrogens with zero attached hydrogens (tertiary/aromatic N) is 2. The van der Waals surface area contributed by atoms with Crippen molar-refractivity contribution in [1.82, 2.24) is 9.78 Å². The third kappa shape index (κ3) is 1.62. The lowest BCUT2D eigenvalue weighted by molar-refractivity contribution is 0.0590. The molecule has 1 heterocycles. The molecule has 2 rings (SSSR count). The molecule has 16 heavy (non-hydrogen) atoms. The molecule has 0 fully saturated rings. The lowest BCUT2D eigenvalue weighted by Gasteiger charge is -2.02. The second kappa shape index (κ2) is 3.88. The van der Waals surface area contributed by atoms with Gasteiger partial charge >= 0.3 is 12.5 Å². The lowest BCUT2D eigenvalue weighted by atomic mass is 10.2. The van der Waals surface area contributed by atoms with Crippen LogP contribution in [0.2, 0.25) is 0 Å². The number of carbonyl (C=O) groups is 1. The molecule has 0 aliphatic rings. The van der Waals surface area contributed by atoms with Gasteiger partial charge in [0.2, 0.25) is 0 Å². The zero-order chi connectivity index (χ0) is 11.7. The first-order chi connectivity index (χ1) is 7.63. The van der Waals surface area contributed by atoms with Gasteiger partial charge in [-0.2, -0.15) is 13.9 Å². The predicted molar refractivity (Wildman–Crippen MR) is 52.3 cm³/mol. The molecule has 2 aromatic rings. The van der Waals surface area contributed by atoms with Crippen LogP contribution in [0.3, 0.4) is 0 Å². The number of ether oxygens (including phenoxy) is 1. The van der Waals surface area contributed by atoms with E-state index in [0.717, 1.165) is 0 Å². The number of esters is 1. The zero-order valence-corrected chi connectivity index (χ0v) is 8.35. The standard InChI is InChI=1S/C10H8F2N2O2/c1-16-9(15)6-2-3-7-5-13-14(10(11)12)8(7)4-6/h2-5,10H,1H3. The van der Waals surface area contributed by atoms with E-state index in [2.05, 4.69) is 9.84 Å². The molecule has 1 aromatic carbocycles. The Balaban J connectivity index is 2.58. The van der Waals surface area contributed by atoms with E-state index in [-0.39, 0.29) is 11.1 Å². The molecule has 0 unspecified atom stereocenters. The number of benzene rings is 1. The van der Waals surface area contributed by atoms with Crippen molar-refractivity contribution in [3.63, 3.8) is 0 Å². The number of carbonyl (C=O) groups excluding carboxylic acids is 1. The van der Waals surface area contributed by atoms with Gasteiger partial charge in [0.15, 0.2) is 0 Å². The maximum atomic E-state index is 12.5. The second-order valence-electron chi connectivity index (χ2n) is 3.13. The van der Waals surface area contributed by atoms with Crippen LogP contribution in [-0.4, -0.2) is 22.9 Å². The zero-order valence-electron chi connectivity index (χ0n) is 8.35. The summed E-state index contributed by atoms with van der Waals surface area (Å²) in [4.78, 5) is 11.2. The lowest BCUT2D eigenvalue weighted by Crippen LogP contribution is -2.03. The predicted octanol–water partition coefficient (Wildman–Crippen LogP) is 2.22. The number of hydrogen-bond acceptors (Lipinski definition) is 3. The molecule has 84 valence electrons. The average Bonchev–Trinajstić information content (AvgIpc) is 2.70. The van der Waals surface area contributed by atoms with E-state index < -0.39 is 12.5 Å². The number of hydrogen-bond donors (Lipinski definition) is 0. The fourth-order valence-electron chi connectivity index (χ4n) is 1.44. The van der Waals surface area contributed by atoms with Gasteiger partial charge in [0.05, 0.1) is 24.4 Å². The quantitative estimate of drug-likeness (QED) is 0.737. The first-order valence-corrected chi connectivity index (χ1v) is 4.47. The van der Waals surface area contributed by atoms with Crippen LogP contribution in [-0.2, 0) is 4.74 Å². The third-order valence-electron chi connectivity index (χ3n) is 2.20. The summed E-state index contributed by atoms with van der Waals surface area (Å²) in [5, 5.41) is 4.08. The van der Waals surface area contributed by atoms with Crippen molar-refractivity contribution in [2.45, 2.75) is 6.55 Å². The van der Waals surface area contributed by atoms with Crippen molar-refractivity contribution in [1.29, 1.82) is 0 Å². The third-order valence-corrected chi connectivity index (χ3v) is 2.20. The Morgan fingerprint density at radius 3 is 2.88 bits per heavy atom. The minimum atomic E-state index is -2.73. The molecule has 0 saturated carbocycles. The summed E-state index contributed by atoms with van der Waals surface area (Å²) in [6.07, 6.45) is 1.32. The van der Waals surface area contributed by atoms with Gasteiger partial charge < -0.3 is 4.74 Å². The molecule has 1 aromatic heterocycles. The average molecular weight is 226 g/mol. The normalized spacial score (nSPS) is 11.0. The highest BCUT2D eigenvalue weighted by Gasteiger charge is 2.13. The molecular weight excluding hydrogens is 218 g/mol. The van der Waals surface area contributed by atoms with E-state index in [0.29, 0.717) is 10.1 Å². The first-order valence-electron chi connectivity index (χ1n) is 4.47. The van der Waals surface area contributed by atoms with Crippen molar-refractivity contribution in [2.75, 3.05) is 7.11 Å². The maximum absolute atomic E-state index is 12.5. The largest absolute Gasteiger partial charge is 0.465 e. The van der Waals surface area contributed by atoms with E-state index >= 15 is 0 Å². The van der Waals surface area contributed by atoms with E-state index in [4.69, 9.17) is 0 Å². The van der Waals surface area contributed by atoms with Crippen molar-refractivity contribution >= 4 is 16.9 Å². The molecule has 0 aliphatic heterocycles. The minimum Gasteiger partial charge on any atom is -0.465 e. The number of alkyl halides is 2. The Bertz CT molecular complexity index is 537. The second-order valence-corrected chi connectivity index (χ2v) is 3.13. The highest BCUT2D eigenvalue weighted by Crippen LogP contribution is 2.21. The van der Waals surface area contributed by atoms with E-state index in [1.165, 1.54) is 25.4 Å². The van der Waals surface area contributed by atoms with Gasteiger partial charge in [-0.1, -0.05) is 6.07 Å². The smallest absolute Gasteiger partial charge is 0.337 e. The fraction of sp³-hybridized carbons (Fsp3) is 0.200. The van der Waals surface area contributed by atoms with Gasteiger partial charge in [-0.15, -0.1) is 0 Å². The Hall–Kier alpha value is -1.98. The molecular formula is C10H8F2N2O2. The van der Waals surface area contributed by atoms with Crippen LogP contribution in [0, 0.1) is 0 Å². The van der Waals surface area contributed by atoms with Crippen LogP contribution in [0.25, 0.3) is 10.9 Å². The van der Waals surface area contributed by atoms with Gasteiger partial charge in [-0.05, 0) is 12.1 Å². The van der Waals surface area contributed by atoms with Crippen molar-refractivity contribution in [2.24, 2.45) is 0 Å². The molecule has 0 spiro atoms. The number of methoxy groups -OCH3 is 1. The Morgan fingerprint density at radius 2 is 2.25 bits per heavy atom. The summed E-state index contributed by atoms with van der Waals surface area (Å²) >= 11 is 0. The molecule has 0 N–H and O–H groups in total. The summed E-state index contributed by atoms with van der Waals surface area (Å²) in [6.45, 7) is -2.73. The number of fused-ring (bicyclic) bond motifs is 1. The van der Waals surface area contributed by atoms with Crippen LogP contribution in [0.4, 0.5) is 8.78 Å². The molecule has 0 saturated heterocycles. The molecule has 6 heteroatoms. The molecule has 4 nitrogen and oxygen atoms in total. The molecule has 0 radical (unpaired) electrons. The van der Waals surface area contributed by atoms with Crippen molar-refractivity contribution < 1.29 is 18.3 Å². The summed E-state index contributed by atoms with van der Waals surface area (Å²) in [7, 11) is 1.23. The number of aromatic nitrogens is 2. The van der Waals surface area contributed by atoms with Gasteiger partial charge in [0.1, 0.15) is 0 Å². The van der Waals surface area contributed by atoms with Crippen LogP contribution in [0.5, 0.6) is 0 Å².